The molecule has 0 saturated carbocycles. The first-order chi connectivity index (χ1) is 13.3. The first kappa shape index (κ1) is 22.8. The molecule has 0 N–H and O–H groups in total. The molecule has 2 atom stereocenters. The molecular weight excluding hydrogens is 393 g/mol. The fourth-order valence-electron chi connectivity index (χ4n) is 3.30. The van der Waals surface area contributed by atoms with E-state index in [9.17, 15) is 9.36 Å². The zero-order chi connectivity index (χ0) is 20.8. The van der Waals surface area contributed by atoms with Gasteiger partial charge in [-0.15, -0.1) is 11.8 Å². The van der Waals surface area contributed by atoms with Crippen molar-refractivity contribution in [2.24, 2.45) is 5.92 Å². The maximum Gasteiger partial charge on any atom is 0.339 e. The van der Waals surface area contributed by atoms with E-state index in [0.717, 1.165) is 15.9 Å². The molecule has 0 amide bonds. The number of hydrogen-bond donors (Lipinski definition) is 0. The van der Waals surface area contributed by atoms with E-state index in [-0.39, 0.29) is 21.0 Å². The molecule has 7 heteroatoms. The predicted molar refractivity (Wildman–Crippen MR) is 114 cm³/mol. The molecule has 152 valence electrons. The summed E-state index contributed by atoms with van der Waals surface area (Å²) in [5, 5.41) is 0.914. The number of carbonyl (C=O) groups is 1. The fourth-order valence-corrected chi connectivity index (χ4v) is 5.55. The van der Waals surface area contributed by atoms with Gasteiger partial charge in [0, 0.05) is 17.7 Å². The Morgan fingerprint density at radius 2 is 1.89 bits per heavy atom. The summed E-state index contributed by atoms with van der Waals surface area (Å²) in [5.41, 5.74) is -0.431. The van der Waals surface area contributed by atoms with Gasteiger partial charge in [-0.1, -0.05) is 38.1 Å². The molecule has 0 saturated heterocycles. The third-order valence-corrected chi connectivity index (χ3v) is 7.82. The van der Waals surface area contributed by atoms with Crippen LogP contribution in [0.15, 0.2) is 41.4 Å². The Bertz CT molecular complexity index is 831. The van der Waals surface area contributed by atoms with Crippen LogP contribution in [0.5, 0.6) is 0 Å². The number of benzene rings is 1. The highest BCUT2D eigenvalue weighted by molar-refractivity contribution is 7.99. The van der Waals surface area contributed by atoms with E-state index < -0.39 is 16.7 Å². The van der Waals surface area contributed by atoms with Crippen molar-refractivity contribution in [1.29, 1.82) is 0 Å². The second-order valence-corrected chi connectivity index (χ2v) is 8.96. The minimum absolute atomic E-state index is 0.0967. The third-order valence-electron chi connectivity index (χ3n) is 5.06. The molecule has 2 unspecified atom stereocenters. The molecule has 0 fully saturated rings. The van der Waals surface area contributed by atoms with Gasteiger partial charge in [0.25, 0.3) is 0 Å². The smallest absolute Gasteiger partial charge is 0.339 e. The van der Waals surface area contributed by atoms with E-state index in [1.807, 2.05) is 57.2 Å². The van der Waals surface area contributed by atoms with Crippen LogP contribution in [0.25, 0.3) is 10.9 Å². The Morgan fingerprint density at radius 3 is 2.50 bits per heavy atom. The van der Waals surface area contributed by atoms with Gasteiger partial charge in [-0.05, 0) is 38.8 Å². The van der Waals surface area contributed by atoms with Crippen LogP contribution in [0.3, 0.4) is 0 Å². The third kappa shape index (κ3) is 4.40. The number of nitrogens with zero attached hydrogens (tertiary/aromatic N) is 1. The Hall–Kier alpha value is -1.49. The summed E-state index contributed by atoms with van der Waals surface area (Å²) < 4.78 is 23.7. The van der Waals surface area contributed by atoms with E-state index in [1.165, 1.54) is 11.8 Å². The number of rotatable bonds is 10. The summed E-state index contributed by atoms with van der Waals surface area (Å²) in [6.45, 7) is 9.73. The van der Waals surface area contributed by atoms with E-state index in [2.05, 4.69) is 4.98 Å². The SMILES string of the molecule is CCOC(=O)C(C)(OCC)C(CSc1ccc2ccccc2n1)(P=O)C(C)C. The van der Waals surface area contributed by atoms with Gasteiger partial charge >= 0.3 is 5.97 Å². The minimum atomic E-state index is -1.33. The fraction of sp³-hybridized carbons (Fsp3) is 0.524. The molecule has 5 nitrogen and oxygen atoms in total. The number of para-hydroxylation sites is 1. The van der Waals surface area contributed by atoms with Crippen molar-refractivity contribution in [1.82, 2.24) is 4.98 Å². The predicted octanol–water partition coefficient (Wildman–Crippen LogP) is 5.37. The lowest BCUT2D eigenvalue weighted by Gasteiger charge is -2.44. The number of esters is 1. The quantitative estimate of drug-likeness (QED) is 0.292. The average molecular weight is 421 g/mol. The number of fused-ring (bicyclic) bond motifs is 1. The summed E-state index contributed by atoms with van der Waals surface area (Å²) in [6.07, 6.45) is 0. The molecule has 2 rings (SSSR count). The molecule has 0 aliphatic carbocycles. The summed E-state index contributed by atoms with van der Waals surface area (Å²) in [7, 11) is -0.154. The maximum atomic E-state index is 12.8. The second-order valence-electron chi connectivity index (χ2n) is 6.99. The first-order valence-corrected chi connectivity index (χ1v) is 11.3. The molecule has 0 aliphatic rings. The molecule has 1 aromatic carbocycles. The average Bonchev–Trinajstić information content (AvgIpc) is 2.68. The number of ether oxygens (including phenoxy) is 2. The van der Waals surface area contributed by atoms with Gasteiger partial charge in [-0.3, -0.25) is 4.57 Å². The number of aromatic nitrogens is 1. The molecule has 0 spiro atoms. The molecule has 0 radical (unpaired) electrons. The van der Waals surface area contributed by atoms with Gasteiger partial charge in [-0.25, -0.2) is 9.78 Å². The van der Waals surface area contributed by atoms with Crippen LogP contribution < -0.4 is 0 Å². The van der Waals surface area contributed by atoms with Gasteiger partial charge in [0.15, 0.2) is 14.1 Å². The lowest BCUT2D eigenvalue weighted by molar-refractivity contribution is -0.175. The Morgan fingerprint density at radius 1 is 1.18 bits per heavy atom. The highest BCUT2D eigenvalue weighted by Crippen LogP contribution is 2.47. The lowest BCUT2D eigenvalue weighted by Crippen LogP contribution is -2.60. The van der Waals surface area contributed by atoms with Crippen molar-refractivity contribution in [3.63, 3.8) is 0 Å². The number of pyridine rings is 1. The van der Waals surface area contributed by atoms with Crippen molar-refractivity contribution < 1.29 is 18.8 Å². The van der Waals surface area contributed by atoms with E-state index in [0.29, 0.717) is 12.4 Å². The van der Waals surface area contributed by atoms with Crippen LogP contribution in [0.2, 0.25) is 0 Å². The zero-order valence-electron chi connectivity index (χ0n) is 17.1. The minimum Gasteiger partial charge on any atom is -0.464 e. The van der Waals surface area contributed by atoms with Crippen molar-refractivity contribution in [2.45, 2.75) is 50.4 Å². The van der Waals surface area contributed by atoms with Gasteiger partial charge in [0.05, 0.1) is 17.1 Å². The number of thioether (sulfide) groups is 1. The van der Waals surface area contributed by atoms with Crippen LogP contribution in [0.1, 0.15) is 34.6 Å². The van der Waals surface area contributed by atoms with Gasteiger partial charge in [-0.2, -0.15) is 0 Å². The van der Waals surface area contributed by atoms with E-state index in [4.69, 9.17) is 9.47 Å². The van der Waals surface area contributed by atoms with Crippen molar-refractivity contribution in [3.8, 4) is 0 Å². The zero-order valence-corrected chi connectivity index (χ0v) is 18.8. The highest BCUT2D eigenvalue weighted by Gasteiger charge is 2.58. The monoisotopic (exact) mass is 421 g/mol. The molecular formula is C21H28NO4PS. The summed E-state index contributed by atoms with van der Waals surface area (Å²) in [4.78, 5) is 17.5. The highest BCUT2D eigenvalue weighted by atomic mass is 32.2. The van der Waals surface area contributed by atoms with Crippen molar-refractivity contribution in [2.75, 3.05) is 19.0 Å². The van der Waals surface area contributed by atoms with Crippen molar-refractivity contribution in [3.05, 3.63) is 36.4 Å². The topological polar surface area (TPSA) is 65.5 Å². The number of hydrogen-bond acceptors (Lipinski definition) is 6. The van der Waals surface area contributed by atoms with Gasteiger partial charge in [0.1, 0.15) is 5.16 Å². The van der Waals surface area contributed by atoms with Crippen LogP contribution in [-0.2, 0) is 18.8 Å². The molecule has 1 aromatic heterocycles. The number of carbonyl (C=O) groups excluding carboxylic acids is 1. The lowest BCUT2D eigenvalue weighted by atomic mass is 9.80. The van der Waals surface area contributed by atoms with Crippen LogP contribution >= 0.6 is 20.2 Å². The summed E-state index contributed by atoms with van der Waals surface area (Å²) in [6, 6.07) is 11.9. The van der Waals surface area contributed by atoms with Crippen LogP contribution in [0, 0.1) is 5.92 Å². The summed E-state index contributed by atoms with van der Waals surface area (Å²) >= 11 is 1.48. The maximum absolute atomic E-state index is 12.8. The molecule has 0 bridgehead atoms. The normalized spacial score (nSPS) is 16.1. The van der Waals surface area contributed by atoms with E-state index in [1.54, 1.807) is 13.8 Å². The first-order valence-electron chi connectivity index (χ1n) is 9.49. The van der Waals surface area contributed by atoms with Gasteiger partial charge < -0.3 is 9.47 Å². The molecule has 1 heterocycles. The van der Waals surface area contributed by atoms with E-state index >= 15 is 0 Å². The summed E-state index contributed by atoms with van der Waals surface area (Å²) in [5.74, 6) is -0.183. The van der Waals surface area contributed by atoms with Crippen LogP contribution in [0.4, 0.5) is 0 Å². The second kappa shape index (κ2) is 9.82. The van der Waals surface area contributed by atoms with Crippen LogP contribution in [-0.4, -0.2) is 40.7 Å². The Labute approximate surface area is 172 Å². The van der Waals surface area contributed by atoms with Gasteiger partial charge in [0.2, 0.25) is 0 Å². The largest absolute Gasteiger partial charge is 0.464 e. The Balaban J connectivity index is 2.39. The Kier molecular flexibility index (Phi) is 7.99. The molecule has 0 aliphatic heterocycles. The molecule has 28 heavy (non-hydrogen) atoms. The van der Waals surface area contributed by atoms with Crippen molar-refractivity contribution >= 4 is 37.1 Å². The standard InChI is InChI=1S/C21H28NO4PS/c1-6-25-19(23)20(5,26-7-2)21(27-24,15(3)4)14-28-18-13-12-16-10-8-9-11-17(16)22-18/h8-13,15H,6-7,14H2,1-5H3. The molecule has 2 aromatic rings.